The van der Waals surface area contributed by atoms with Gasteiger partial charge in [0.05, 0.1) is 36.4 Å². The molecule has 0 aliphatic carbocycles. The number of likely N-dealkylation sites (N-methyl/N-ethyl adjacent to an activating group) is 1. The summed E-state index contributed by atoms with van der Waals surface area (Å²) < 4.78 is 41.7. The zero-order chi connectivity index (χ0) is 21.4. The number of fused-ring (bicyclic) bond motifs is 1. The molecule has 156 valence electrons. The van der Waals surface area contributed by atoms with E-state index in [4.69, 9.17) is 0 Å². The molecule has 30 heavy (non-hydrogen) atoms. The quantitative estimate of drug-likeness (QED) is 0.626. The summed E-state index contributed by atoms with van der Waals surface area (Å²) in [7, 11) is 1.84. The maximum absolute atomic E-state index is 13.8. The highest BCUT2D eigenvalue weighted by Gasteiger charge is 2.22. The fourth-order valence-corrected chi connectivity index (χ4v) is 3.32. The van der Waals surface area contributed by atoms with Gasteiger partial charge in [-0.1, -0.05) is 0 Å². The van der Waals surface area contributed by atoms with Gasteiger partial charge in [0.1, 0.15) is 11.6 Å². The Morgan fingerprint density at radius 2 is 1.93 bits per heavy atom. The van der Waals surface area contributed by atoms with Crippen LogP contribution in [0.4, 0.5) is 30.4 Å². The van der Waals surface area contributed by atoms with E-state index in [1.54, 1.807) is 12.4 Å². The third-order valence-electron chi connectivity index (χ3n) is 4.82. The van der Waals surface area contributed by atoms with Crippen LogP contribution in [0.2, 0.25) is 0 Å². The molecule has 0 saturated carbocycles. The molecule has 0 fully saturated rings. The Bertz CT molecular complexity index is 1130. The van der Waals surface area contributed by atoms with E-state index in [1.165, 1.54) is 4.68 Å². The molecular formula is C20H19F3N6O. The fourth-order valence-electron chi connectivity index (χ4n) is 3.32. The summed E-state index contributed by atoms with van der Waals surface area (Å²) in [6, 6.07) is 3.21. The monoisotopic (exact) mass is 416 g/mol. The van der Waals surface area contributed by atoms with Crippen molar-refractivity contribution < 1.29 is 18.0 Å². The average Bonchev–Trinajstić information content (AvgIpc) is 3.13. The number of halogens is 3. The van der Waals surface area contributed by atoms with E-state index in [2.05, 4.69) is 20.7 Å². The summed E-state index contributed by atoms with van der Waals surface area (Å²) in [5, 5.41) is 10.2. The van der Waals surface area contributed by atoms with Crippen molar-refractivity contribution in [3.63, 3.8) is 0 Å². The lowest BCUT2D eigenvalue weighted by molar-refractivity contribution is -0.115. The van der Waals surface area contributed by atoms with Gasteiger partial charge in [-0.3, -0.25) is 9.48 Å². The minimum Gasteiger partial charge on any atom is -0.366 e. The number of aromatic nitrogens is 3. The number of carbonyl (C=O) groups excluding carboxylic acids is 1. The summed E-state index contributed by atoms with van der Waals surface area (Å²) in [5.74, 6) is -2.60. The molecule has 0 atom stereocenters. The van der Waals surface area contributed by atoms with Crippen LogP contribution in [0.5, 0.6) is 0 Å². The van der Waals surface area contributed by atoms with Crippen LogP contribution in [0.15, 0.2) is 30.6 Å². The molecule has 1 aromatic carbocycles. The molecule has 3 heterocycles. The molecule has 0 bridgehead atoms. The minimum atomic E-state index is -1.22. The van der Waals surface area contributed by atoms with E-state index < -0.39 is 17.5 Å². The van der Waals surface area contributed by atoms with Crippen LogP contribution in [-0.4, -0.2) is 34.3 Å². The van der Waals surface area contributed by atoms with Crippen molar-refractivity contribution in [3.8, 4) is 0 Å². The van der Waals surface area contributed by atoms with Crippen LogP contribution in [0.3, 0.4) is 0 Å². The molecule has 4 rings (SSSR count). The first-order valence-electron chi connectivity index (χ1n) is 9.21. The Morgan fingerprint density at radius 1 is 1.17 bits per heavy atom. The van der Waals surface area contributed by atoms with Crippen molar-refractivity contribution >= 4 is 23.1 Å². The predicted octanol–water partition coefficient (Wildman–Crippen LogP) is 3.05. The van der Waals surface area contributed by atoms with E-state index >= 15 is 0 Å². The largest absolute Gasteiger partial charge is 0.366 e. The van der Waals surface area contributed by atoms with Crippen LogP contribution >= 0.6 is 0 Å². The second-order valence-electron chi connectivity index (χ2n) is 7.15. The van der Waals surface area contributed by atoms with Crippen molar-refractivity contribution in [2.75, 3.05) is 29.1 Å². The topological polar surface area (TPSA) is 75.1 Å². The standard InChI is InChI=1S/C20H19F3N6O/c1-11-20-17(28(2)10-19(30)27-20)5-18(26-11)24-6-12-7-25-29(8-12)9-13-3-15(22)16(23)4-14(13)21/h3-5,7-8H,6,9-10H2,1-2H3,(H,24,26)(H,27,30). The van der Waals surface area contributed by atoms with Crippen molar-refractivity contribution in [3.05, 3.63) is 64.9 Å². The number of hydrogen-bond acceptors (Lipinski definition) is 5. The van der Waals surface area contributed by atoms with Crippen molar-refractivity contribution in [1.29, 1.82) is 0 Å². The number of anilines is 3. The first-order valence-corrected chi connectivity index (χ1v) is 9.21. The molecule has 2 aromatic heterocycles. The SMILES string of the molecule is Cc1nc(NCc2cnn(Cc3cc(F)c(F)cc3F)c2)cc2c1NC(=O)CN2C. The number of hydrogen-bond donors (Lipinski definition) is 2. The molecule has 10 heteroatoms. The zero-order valence-electron chi connectivity index (χ0n) is 16.3. The molecule has 0 radical (unpaired) electrons. The fraction of sp³-hybridized carbons (Fsp3) is 0.250. The number of nitrogens with one attached hydrogen (secondary N) is 2. The maximum Gasteiger partial charge on any atom is 0.243 e. The van der Waals surface area contributed by atoms with Crippen LogP contribution in [0.1, 0.15) is 16.8 Å². The predicted molar refractivity (Wildman–Crippen MR) is 106 cm³/mol. The minimum absolute atomic E-state index is 0.00794. The Hall–Kier alpha value is -3.56. The molecule has 1 aliphatic heterocycles. The van der Waals surface area contributed by atoms with E-state index in [0.29, 0.717) is 29.8 Å². The van der Waals surface area contributed by atoms with Gasteiger partial charge in [0.15, 0.2) is 11.6 Å². The molecular weight excluding hydrogens is 397 g/mol. The smallest absolute Gasteiger partial charge is 0.243 e. The Kier molecular flexibility index (Phi) is 5.06. The van der Waals surface area contributed by atoms with Crippen LogP contribution < -0.4 is 15.5 Å². The summed E-state index contributed by atoms with van der Waals surface area (Å²) in [4.78, 5) is 18.0. The normalized spacial score (nSPS) is 13.2. The van der Waals surface area contributed by atoms with Crippen LogP contribution in [-0.2, 0) is 17.9 Å². The number of benzene rings is 1. The number of rotatable bonds is 5. The van der Waals surface area contributed by atoms with Crippen molar-refractivity contribution in [2.24, 2.45) is 0 Å². The molecule has 0 saturated heterocycles. The number of amides is 1. The summed E-state index contributed by atoms with van der Waals surface area (Å²) >= 11 is 0. The lowest BCUT2D eigenvalue weighted by atomic mass is 10.2. The van der Waals surface area contributed by atoms with Gasteiger partial charge in [-0.25, -0.2) is 18.2 Å². The third kappa shape index (κ3) is 3.93. The molecule has 1 amide bonds. The Labute approximate surface area is 170 Å². The first kappa shape index (κ1) is 19.7. The van der Waals surface area contributed by atoms with Gasteiger partial charge < -0.3 is 15.5 Å². The van der Waals surface area contributed by atoms with Gasteiger partial charge in [0, 0.05) is 43.0 Å². The molecule has 3 aromatic rings. The van der Waals surface area contributed by atoms with Gasteiger partial charge in [0.2, 0.25) is 5.91 Å². The Morgan fingerprint density at radius 3 is 2.73 bits per heavy atom. The number of nitrogens with zero attached hydrogens (tertiary/aromatic N) is 4. The van der Waals surface area contributed by atoms with Gasteiger partial charge in [-0.15, -0.1) is 0 Å². The van der Waals surface area contributed by atoms with E-state index in [-0.39, 0.29) is 24.6 Å². The number of pyridine rings is 1. The molecule has 7 nitrogen and oxygen atoms in total. The number of aryl methyl sites for hydroxylation is 1. The summed E-state index contributed by atoms with van der Waals surface area (Å²) in [6.45, 7) is 2.46. The average molecular weight is 416 g/mol. The highest BCUT2D eigenvalue weighted by atomic mass is 19.2. The van der Waals surface area contributed by atoms with Crippen LogP contribution in [0.25, 0.3) is 0 Å². The molecule has 0 unspecified atom stereocenters. The summed E-state index contributed by atoms with van der Waals surface area (Å²) in [5.41, 5.74) is 3.07. The second kappa shape index (κ2) is 7.69. The first-order chi connectivity index (χ1) is 14.3. The molecule has 0 spiro atoms. The second-order valence-corrected chi connectivity index (χ2v) is 7.15. The zero-order valence-corrected chi connectivity index (χ0v) is 16.3. The van der Waals surface area contributed by atoms with E-state index in [0.717, 1.165) is 17.3 Å². The highest BCUT2D eigenvalue weighted by molar-refractivity contribution is 6.02. The van der Waals surface area contributed by atoms with E-state index in [9.17, 15) is 18.0 Å². The van der Waals surface area contributed by atoms with Crippen molar-refractivity contribution in [2.45, 2.75) is 20.0 Å². The lowest BCUT2D eigenvalue weighted by Gasteiger charge is -2.28. The van der Waals surface area contributed by atoms with Gasteiger partial charge >= 0.3 is 0 Å². The number of carbonyl (C=O) groups is 1. The van der Waals surface area contributed by atoms with Gasteiger partial charge in [0.25, 0.3) is 0 Å². The highest BCUT2D eigenvalue weighted by Crippen LogP contribution is 2.32. The molecule has 2 N–H and O–H groups in total. The van der Waals surface area contributed by atoms with Crippen LogP contribution in [0, 0.1) is 24.4 Å². The lowest BCUT2D eigenvalue weighted by Crippen LogP contribution is -2.36. The summed E-state index contributed by atoms with van der Waals surface area (Å²) in [6.07, 6.45) is 3.29. The van der Waals surface area contributed by atoms with E-state index in [1.807, 2.05) is 24.9 Å². The van der Waals surface area contributed by atoms with Gasteiger partial charge in [-0.2, -0.15) is 5.10 Å². The maximum atomic E-state index is 13.8. The Balaban J connectivity index is 1.45. The third-order valence-corrected chi connectivity index (χ3v) is 4.82. The van der Waals surface area contributed by atoms with Gasteiger partial charge in [-0.05, 0) is 13.0 Å². The van der Waals surface area contributed by atoms with Crippen molar-refractivity contribution in [1.82, 2.24) is 14.8 Å². The molecule has 1 aliphatic rings.